The zero-order valence-corrected chi connectivity index (χ0v) is 21.0. The fourth-order valence-corrected chi connectivity index (χ4v) is 4.00. The third kappa shape index (κ3) is 5.68. The second kappa shape index (κ2) is 11.6. The Kier molecular flexibility index (Phi) is 9.44. The van der Waals surface area contributed by atoms with Crippen molar-refractivity contribution in [3.63, 3.8) is 0 Å². The highest BCUT2D eigenvalue weighted by molar-refractivity contribution is 6.33. The summed E-state index contributed by atoms with van der Waals surface area (Å²) in [7, 11) is 1.65. The minimum atomic E-state index is -0.996. The van der Waals surface area contributed by atoms with Crippen molar-refractivity contribution in [2.45, 2.75) is 45.4 Å². The summed E-state index contributed by atoms with van der Waals surface area (Å²) in [5, 5.41) is 8.24. The molecule has 3 amide bonds. The molecule has 0 radical (unpaired) electrons. The molecule has 0 bridgehead atoms. The highest BCUT2D eigenvalue weighted by Crippen LogP contribution is 2.36. The molecular formula is C24H29Cl2FN4O3. The third-order valence-electron chi connectivity index (χ3n) is 5.80. The van der Waals surface area contributed by atoms with Crippen molar-refractivity contribution in [3.8, 4) is 0 Å². The summed E-state index contributed by atoms with van der Waals surface area (Å²) in [6, 6.07) is 8.99. The van der Waals surface area contributed by atoms with E-state index in [1.54, 1.807) is 26.1 Å². The number of carbonyl (C=O) groups excluding carboxylic acids is 3. The molecule has 10 heteroatoms. The largest absolute Gasteiger partial charge is 0.343 e. The van der Waals surface area contributed by atoms with Crippen LogP contribution in [0.1, 0.15) is 37.9 Å². The lowest BCUT2D eigenvalue weighted by molar-refractivity contribution is -0.143. The molecule has 0 aromatic heterocycles. The van der Waals surface area contributed by atoms with E-state index in [1.807, 2.05) is 26.0 Å². The minimum absolute atomic E-state index is 0. The zero-order chi connectivity index (χ0) is 24.3. The van der Waals surface area contributed by atoms with E-state index >= 15 is 0 Å². The average Bonchev–Trinajstić information content (AvgIpc) is 3.18. The Hall–Kier alpha value is -2.68. The van der Waals surface area contributed by atoms with Gasteiger partial charge >= 0.3 is 0 Å². The molecule has 0 spiro atoms. The van der Waals surface area contributed by atoms with Gasteiger partial charge < -0.3 is 20.9 Å². The topological polar surface area (TPSA) is 90.5 Å². The predicted molar refractivity (Wildman–Crippen MR) is 132 cm³/mol. The van der Waals surface area contributed by atoms with Gasteiger partial charge in [0.1, 0.15) is 17.9 Å². The first-order chi connectivity index (χ1) is 15.6. The summed E-state index contributed by atoms with van der Waals surface area (Å²) >= 11 is 6.08. The SMILES string of the molecule is CN[C@@H](C)C(=O)N[C@H](C(=O)N1Cc2ccccc2C1C(=O)Nc1c(F)cccc1Cl)C(C)C.Cl. The van der Waals surface area contributed by atoms with Crippen LogP contribution in [0.15, 0.2) is 42.5 Å². The number of rotatable bonds is 7. The molecular weight excluding hydrogens is 482 g/mol. The monoisotopic (exact) mass is 510 g/mol. The van der Waals surface area contributed by atoms with Crippen LogP contribution in [0.4, 0.5) is 10.1 Å². The minimum Gasteiger partial charge on any atom is -0.343 e. The fourth-order valence-electron chi connectivity index (χ4n) is 3.79. The number of carbonyl (C=O) groups is 3. The number of hydrogen-bond donors (Lipinski definition) is 3. The summed E-state index contributed by atoms with van der Waals surface area (Å²) < 4.78 is 14.3. The number of nitrogens with one attached hydrogen (secondary N) is 3. The number of fused-ring (bicyclic) bond motifs is 1. The van der Waals surface area contributed by atoms with Gasteiger partial charge in [-0.1, -0.05) is 55.8 Å². The van der Waals surface area contributed by atoms with E-state index in [9.17, 15) is 18.8 Å². The number of nitrogens with zero attached hydrogens (tertiary/aromatic N) is 1. The van der Waals surface area contributed by atoms with Gasteiger partial charge in [-0.2, -0.15) is 0 Å². The van der Waals surface area contributed by atoms with Crippen LogP contribution in [0.2, 0.25) is 5.02 Å². The normalized spacial score (nSPS) is 16.3. The van der Waals surface area contributed by atoms with Gasteiger partial charge in [0, 0.05) is 6.54 Å². The van der Waals surface area contributed by atoms with Crippen LogP contribution in [-0.2, 0) is 20.9 Å². The van der Waals surface area contributed by atoms with Crippen LogP contribution < -0.4 is 16.0 Å². The Balaban J connectivity index is 0.00000408. The van der Waals surface area contributed by atoms with Crippen molar-refractivity contribution in [3.05, 3.63) is 64.4 Å². The Labute approximate surface area is 209 Å². The second-order valence-electron chi connectivity index (χ2n) is 8.39. The molecule has 0 saturated carbocycles. The van der Waals surface area contributed by atoms with Crippen LogP contribution in [0, 0.1) is 11.7 Å². The molecule has 184 valence electrons. The maximum atomic E-state index is 14.3. The van der Waals surface area contributed by atoms with E-state index in [0.717, 1.165) is 5.56 Å². The van der Waals surface area contributed by atoms with Gasteiger partial charge in [-0.15, -0.1) is 12.4 Å². The maximum absolute atomic E-state index is 14.3. The van der Waals surface area contributed by atoms with Crippen molar-refractivity contribution in [1.29, 1.82) is 0 Å². The average molecular weight is 511 g/mol. The number of likely N-dealkylation sites (N-methyl/N-ethyl adjacent to an activating group) is 1. The van der Waals surface area contributed by atoms with E-state index in [2.05, 4.69) is 16.0 Å². The Morgan fingerprint density at radius 1 is 1.09 bits per heavy atom. The molecule has 0 aliphatic carbocycles. The number of benzene rings is 2. The first kappa shape index (κ1) is 27.6. The molecule has 2 aromatic carbocycles. The third-order valence-corrected chi connectivity index (χ3v) is 6.12. The van der Waals surface area contributed by atoms with Gasteiger partial charge in [0.15, 0.2) is 0 Å². The lowest BCUT2D eigenvalue weighted by atomic mass is 10.0. The number of anilines is 1. The molecule has 3 rings (SSSR count). The van der Waals surface area contributed by atoms with Gasteiger partial charge in [-0.05, 0) is 43.1 Å². The highest BCUT2D eigenvalue weighted by Gasteiger charge is 2.42. The molecule has 1 unspecified atom stereocenters. The smallest absolute Gasteiger partial charge is 0.251 e. The zero-order valence-electron chi connectivity index (χ0n) is 19.4. The van der Waals surface area contributed by atoms with Gasteiger partial charge in [0.05, 0.1) is 16.8 Å². The van der Waals surface area contributed by atoms with E-state index in [-0.39, 0.29) is 41.5 Å². The molecule has 1 aliphatic heterocycles. The number of para-hydroxylation sites is 1. The predicted octanol–water partition coefficient (Wildman–Crippen LogP) is 3.67. The van der Waals surface area contributed by atoms with Gasteiger partial charge in [0.25, 0.3) is 5.91 Å². The van der Waals surface area contributed by atoms with E-state index < -0.39 is 35.8 Å². The standard InChI is InChI=1S/C24H28ClFN4O3.ClH/c1-13(2)19(28-22(31)14(3)27-4)24(33)30-12-15-8-5-6-9-16(15)21(30)23(32)29-20-17(25)10-7-11-18(20)26;/h5-11,13-14,19,21,27H,12H2,1-4H3,(H,28,31)(H,29,32);1H/t14-,19-,21?;/m0./s1. The van der Waals surface area contributed by atoms with Gasteiger partial charge in [-0.3, -0.25) is 14.4 Å². The van der Waals surface area contributed by atoms with E-state index in [0.29, 0.717) is 5.56 Å². The lowest BCUT2D eigenvalue weighted by Crippen LogP contribution is -2.55. The van der Waals surface area contributed by atoms with Crippen molar-refractivity contribution in [2.24, 2.45) is 5.92 Å². The van der Waals surface area contributed by atoms with Crippen molar-refractivity contribution in [1.82, 2.24) is 15.5 Å². The summed E-state index contributed by atoms with van der Waals surface area (Å²) in [5.74, 6) is -2.19. The second-order valence-corrected chi connectivity index (χ2v) is 8.80. The van der Waals surface area contributed by atoms with Crippen LogP contribution >= 0.6 is 24.0 Å². The molecule has 7 nitrogen and oxygen atoms in total. The Morgan fingerprint density at radius 2 is 1.76 bits per heavy atom. The van der Waals surface area contributed by atoms with Crippen LogP contribution in [-0.4, -0.2) is 41.8 Å². The number of halogens is 3. The van der Waals surface area contributed by atoms with Gasteiger partial charge in [-0.25, -0.2) is 4.39 Å². The van der Waals surface area contributed by atoms with E-state index in [1.165, 1.54) is 23.1 Å². The molecule has 1 aliphatic rings. The van der Waals surface area contributed by atoms with Crippen LogP contribution in [0.3, 0.4) is 0 Å². The molecule has 3 atom stereocenters. The molecule has 3 N–H and O–H groups in total. The van der Waals surface area contributed by atoms with Crippen LogP contribution in [0.5, 0.6) is 0 Å². The molecule has 1 heterocycles. The first-order valence-corrected chi connectivity index (χ1v) is 11.1. The molecule has 0 saturated heterocycles. The lowest BCUT2D eigenvalue weighted by Gasteiger charge is -2.31. The number of amides is 3. The molecule has 34 heavy (non-hydrogen) atoms. The van der Waals surface area contributed by atoms with E-state index in [4.69, 9.17) is 11.6 Å². The summed E-state index contributed by atoms with van der Waals surface area (Å²) in [6.45, 7) is 5.53. The maximum Gasteiger partial charge on any atom is 0.251 e. The summed E-state index contributed by atoms with van der Waals surface area (Å²) in [4.78, 5) is 40.9. The highest BCUT2D eigenvalue weighted by atomic mass is 35.5. The van der Waals surface area contributed by atoms with Crippen molar-refractivity contribution < 1.29 is 18.8 Å². The van der Waals surface area contributed by atoms with Crippen LogP contribution in [0.25, 0.3) is 0 Å². The Morgan fingerprint density at radius 3 is 2.38 bits per heavy atom. The van der Waals surface area contributed by atoms with Gasteiger partial charge in [0.2, 0.25) is 11.8 Å². The Bertz CT molecular complexity index is 1050. The first-order valence-electron chi connectivity index (χ1n) is 10.8. The molecule has 0 fully saturated rings. The quantitative estimate of drug-likeness (QED) is 0.529. The fraction of sp³-hybridized carbons (Fsp3) is 0.375. The summed E-state index contributed by atoms with van der Waals surface area (Å²) in [6.07, 6.45) is 0. The number of hydrogen-bond acceptors (Lipinski definition) is 4. The summed E-state index contributed by atoms with van der Waals surface area (Å²) in [5.41, 5.74) is 1.31. The molecule has 2 aromatic rings. The van der Waals surface area contributed by atoms with Crippen molar-refractivity contribution >= 4 is 47.4 Å². The van der Waals surface area contributed by atoms with Crippen molar-refractivity contribution in [2.75, 3.05) is 12.4 Å².